The summed E-state index contributed by atoms with van der Waals surface area (Å²) in [5.74, 6) is 0.245. The van der Waals surface area contributed by atoms with Crippen molar-refractivity contribution in [1.29, 1.82) is 0 Å². The van der Waals surface area contributed by atoms with Gasteiger partial charge in [0, 0.05) is 32.7 Å². The minimum absolute atomic E-state index is 0.0722. The molecule has 6 nitrogen and oxygen atoms in total. The van der Waals surface area contributed by atoms with Crippen LogP contribution in [-0.2, 0) is 0 Å². The molecule has 1 N–H and O–H groups in total. The van der Waals surface area contributed by atoms with Crippen LogP contribution in [0.25, 0.3) is 6.08 Å². The summed E-state index contributed by atoms with van der Waals surface area (Å²) in [6.07, 6.45) is 5.66. The van der Waals surface area contributed by atoms with Crippen LogP contribution in [0.4, 0.5) is 0 Å². The summed E-state index contributed by atoms with van der Waals surface area (Å²) in [7, 11) is 0. The summed E-state index contributed by atoms with van der Waals surface area (Å²) < 4.78 is 0. The van der Waals surface area contributed by atoms with Crippen LogP contribution in [0, 0.1) is 0 Å². The third-order valence-corrected chi connectivity index (χ3v) is 3.75. The molecule has 1 aliphatic rings. The molecule has 22 heavy (non-hydrogen) atoms. The molecule has 1 aliphatic heterocycles. The number of rotatable bonds is 4. The highest BCUT2D eigenvalue weighted by Crippen LogP contribution is 2.06. The molecule has 1 aromatic heterocycles. The Morgan fingerprint density at radius 2 is 1.95 bits per heavy atom. The monoisotopic (exact) mass is 297 g/mol. The predicted molar refractivity (Wildman–Crippen MR) is 84.2 cm³/mol. The molecule has 0 unspecified atom stereocenters. The van der Waals surface area contributed by atoms with E-state index >= 15 is 0 Å². The maximum atomic E-state index is 12.1. The average Bonchev–Trinajstić information content (AvgIpc) is 3.10. The number of carbonyl (C=O) groups excluding carboxylic acids is 1. The molecule has 0 spiro atoms. The van der Waals surface area contributed by atoms with Gasteiger partial charge < -0.3 is 4.90 Å². The Kier molecular flexibility index (Phi) is 4.60. The summed E-state index contributed by atoms with van der Waals surface area (Å²) in [4.78, 5) is 20.2. The molecular weight excluding hydrogens is 278 g/mol. The summed E-state index contributed by atoms with van der Waals surface area (Å²) in [6.45, 7) is 4.09. The van der Waals surface area contributed by atoms with Crippen molar-refractivity contribution in [1.82, 2.24) is 25.0 Å². The van der Waals surface area contributed by atoms with Gasteiger partial charge in [0.25, 0.3) is 5.91 Å². The third-order valence-electron chi connectivity index (χ3n) is 3.75. The van der Waals surface area contributed by atoms with Gasteiger partial charge in [0.05, 0.1) is 0 Å². The van der Waals surface area contributed by atoms with Crippen molar-refractivity contribution in [2.24, 2.45) is 0 Å². The maximum Gasteiger partial charge on any atom is 0.291 e. The van der Waals surface area contributed by atoms with Crippen LogP contribution in [0.3, 0.4) is 0 Å². The van der Waals surface area contributed by atoms with Crippen LogP contribution < -0.4 is 0 Å². The fraction of sp³-hybridized carbons (Fsp3) is 0.312. The van der Waals surface area contributed by atoms with Crippen LogP contribution in [0.5, 0.6) is 0 Å². The Balaban J connectivity index is 1.46. The van der Waals surface area contributed by atoms with E-state index in [-0.39, 0.29) is 5.91 Å². The molecule has 1 aromatic carbocycles. The maximum absolute atomic E-state index is 12.1. The minimum Gasteiger partial charge on any atom is -0.333 e. The first-order valence-electron chi connectivity index (χ1n) is 7.41. The summed E-state index contributed by atoms with van der Waals surface area (Å²) in [6, 6.07) is 10.3. The van der Waals surface area contributed by atoms with Crippen molar-refractivity contribution in [2.45, 2.75) is 0 Å². The molecule has 2 heterocycles. The topological polar surface area (TPSA) is 65.1 Å². The number of nitrogens with one attached hydrogen (secondary N) is 1. The number of H-pyrrole nitrogens is 1. The van der Waals surface area contributed by atoms with Crippen molar-refractivity contribution >= 4 is 12.0 Å². The van der Waals surface area contributed by atoms with Gasteiger partial charge in [0.1, 0.15) is 6.33 Å². The van der Waals surface area contributed by atoms with Gasteiger partial charge in [-0.2, -0.15) is 5.10 Å². The smallest absolute Gasteiger partial charge is 0.291 e. The summed E-state index contributed by atoms with van der Waals surface area (Å²) in [5, 5.41) is 6.34. The number of hydrogen-bond donors (Lipinski definition) is 1. The van der Waals surface area contributed by atoms with Crippen LogP contribution in [0.2, 0.25) is 0 Å². The molecule has 0 aliphatic carbocycles. The normalized spacial score (nSPS) is 16.3. The van der Waals surface area contributed by atoms with Gasteiger partial charge in [-0.3, -0.25) is 14.8 Å². The quantitative estimate of drug-likeness (QED) is 0.923. The van der Waals surface area contributed by atoms with Crippen molar-refractivity contribution in [3.8, 4) is 0 Å². The fourth-order valence-electron chi connectivity index (χ4n) is 2.49. The van der Waals surface area contributed by atoms with Gasteiger partial charge in [-0.25, -0.2) is 4.98 Å². The summed E-state index contributed by atoms with van der Waals surface area (Å²) >= 11 is 0. The second-order valence-corrected chi connectivity index (χ2v) is 5.24. The van der Waals surface area contributed by atoms with E-state index in [4.69, 9.17) is 0 Å². The molecule has 6 heteroatoms. The molecule has 114 valence electrons. The van der Waals surface area contributed by atoms with E-state index < -0.39 is 0 Å². The number of amides is 1. The molecule has 1 amide bonds. The average molecular weight is 297 g/mol. The number of carbonyl (C=O) groups is 1. The van der Waals surface area contributed by atoms with E-state index in [1.165, 1.54) is 11.9 Å². The van der Waals surface area contributed by atoms with Crippen LogP contribution >= 0.6 is 0 Å². The highest BCUT2D eigenvalue weighted by Gasteiger charge is 2.23. The zero-order chi connectivity index (χ0) is 15.2. The Hall–Kier alpha value is -2.47. The molecule has 0 atom stereocenters. The number of hydrogen-bond acceptors (Lipinski definition) is 4. The largest absolute Gasteiger partial charge is 0.333 e. The van der Waals surface area contributed by atoms with Crippen LogP contribution in [-0.4, -0.2) is 63.6 Å². The molecule has 1 fully saturated rings. The van der Waals surface area contributed by atoms with E-state index in [0.717, 1.165) is 32.7 Å². The van der Waals surface area contributed by atoms with Crippen LogP contribution in [0.15, 0.2) is 42.7 Å². The Bertz CT molecular complexity index is 615. The van der Waals surface area contributed by atoms with Gasteiger partial charge in [-0.1, -0.05) is 42.5 Å². The molecular formula is C16H19N5O. The Morgan fingerprint density at radius 1 is 1.18 bits per heavy atom. The number of benzene rings is 1. The van der Waals surface area contributed by atoms with Crippen molar-refractivity contribution < 1.29 is 4.79 Å². The molecule has 3 rings (SSSR count). The van der Waals surface area contributed by atoms with Gasteiger partial charge in [-0.05, 0) is 5.56 Å². The molecule has 2 aromatic rings. The first-order chi connectivity index (χ1) is 10.8. The van der Waals surface area contributed by atoms with Crippen molar-refractivity contribution in [3.63, 3.8) is 0 Å². The van der Waals surface area contributed by atoms with Gasteiger partial charge >= 0.3 is 0 Å². The Labute approximate surface area is 129 Å². The molecule has 0 bridgehead atoms. The third kappa shape index (κ3) is 3.59. The second-order valence-electron chi connectivity index (χ2n) is 5.24. The summed E-state index contributed by atoms with van der Waals surface area (Å²) in [5.41, 5.74) is 1.21. The lowest BCUT2D eigenvalue weighted by Crippen LogP contribution is -2.48. The van der Waals surface area contributed by atoms with E-state index in [0.29, 0.717) is 5.82 Å². The lowest BCUT2D eigenvalue weighted by atomic mass is 10.2. The highest BCUT2D eigenvalue weighted by atomic mass is 16.2. The zero-order valence-electron chi connectivity index (χ0n) is 12.4. The molecule has 1 saturated heterocycles. The molecule has 0 saturated carbocycles. The lowest BCUT2D eigenvalue weighted by Gasteiger charge is -2.33. The first kappa shape index (κ1) is 14.5. The SMILES string of the molecule is O=C(c1ncn[nH]1)N1CCN(CC=Cc2ccccc2)CC1. The van der Waals surface area contributed by atoms with Crippen molar-refractivity contribution in [2.75, 3.05) is 32.7 Å². The van der Waals surface area contributed by atoms with E-state index in [9.17, 15) is 4.79 Å². The standard InChI is InChI=1S/C16H19N5O/c22-16(15-17-13-18-19-15)21-11-9-20(10-12-21)8-4-7-14-5-2-1-3-6-14/h1-7,13H,8-12H2,(H,17,18,19). The number of piperazine rings is 1. The molecule has 0 radical (unpaired) electrons. The second kappa shape index (κ2) is 7.00. The van der Waals surface area contributed by atoms with Gasteiger partial charge in [-0.15, -0.1) is 0 Å². The van der Waals surface area contributed by atoms with E-state index in [1.807, 2.05) is 23.1 Å². The van der Waals surface area contributed by atoms with E-state index in [1.54, 1.807) is 0 Å². The highest BCUT2D eigenvalue weighted by molar-refractivity contribution is 5.90. The van der Waals surface area contributed by atoms with E-state index in [2.05, 4.69) is 44.4 Å². The van der Waals surface area contributed by atoms with Gasteiger partial charge in [0.2, 0.25) is 5.82 Å². The first-order valence-corrected chi connectivity index (χ1v) is 7.41. The lowest BCUT2D eigenvalue weighted by molar-refractivity contribution is 0.0638. The number of nitrogens with zero attached hydrogens (tertiary/aromatic N) is 4. The van der Waals surface area contributed by atoms with Crippen molar-refractivity contribution in [3.05, 3.63) is 54.1 Å². The number of aromatic amines is 1. The fourth-order valence-corrected chi connectivity index (χ4v) is 2.49. The Morgan fingerprint density at radius 3 is 2.64 bits per heavy atom. The minimum atomic E-state index is -0.0722. The van der Waals surface area contributed by atoms with Crippen LogP contribution in [0.1, 0.15) is 16.2 Å². The zero-order valence-corrected chi connectivity index (χ0v) is 12.4. The number of aromatic nitrogens is 3. The van der Waals surface area contributed by atoms with Gasteiger partial charge in [0.15, 0.2) is 0 Å². The predicted octanol–water partition coefficient (Wildman–Crippen LogP) is 1.28.